The fourth-order valence-electron chi connectivity index (χ4n) is 1.70. The van der Waals surface area contributed by atoms with E-state index in [0.717, 1.165) is 10.7 Å². The summed E-state index contributed by atoms with van der Waals surface area (Å²) in [7, 11) is 1.62. The number of aryl methyl sites for hydroxylation is 2. The number of thiazole rings is 1. The van der Waals surface area contributed by atoms with E-state index in [0.29, 0.717) is 0 Å². The van der Waals surface area contributed by atoms with Gasteiger partial charge in [0.25, 0.3) is 11.5 Å². The molecule has 0 saturated heterocycles. The monoisotopic (exact) mass is 277 g/mol. The van der Waals surface area contributed by atoms with Gasteiger partial charge in [-0.05, 0) is 26.0 Å². The fourth-order valence-corrected chi connectivity index (χ4v) is 2.40. The number of rotatable bonds is 3. The molecule has 2 aromatic rings. The Labute approximate surface area is 114 Å². The average molecular weight is 277 g/mol. The van der Waals surface area contributed by atoms with Crippen LogP contribution >= 0.6 is 11.3 Å². The Bertz CT molecular complexity index is 660. The highest BCUT2D eigenvalue weighted by atomic mass is 32.1. The van der Waals surface area contributed by atoms with Gasteiger partial charge in [-0.2, -0.15) is 0 Å². The highest BCUT2D eigenvalue weighted by molar-refractivity contribution is 7.09. The third-order valence-corrected chi connectivity index (χ3v) is 3.59. The summed E-state index contributed by atoms with van der Waals surface area (Å²) in [6.07, 6.45) is 1.62. The maximum atomic E-state index is 12.1. The molecule has 0 unspecified atom stereocenters. The number of carbonyl (C=O) groups is 1. The van der Waals surface area contributed by atoms with Gasteiger partial charge in [0.05, 0.1) is 16.7 Å². The van der Waals surface area contributed by atoms with Crippen LogP contribution in [0, 0.1) is 6.92 Å². The molecule has 0 aromatic carbocycles. The molecule has 5 nitrogen and oxygen atoms in total. The molecule has 100 valence electrons. The Kier molecular flexibility index (Phi) is 3.80. The van der Waals surface area contributed by atoms with E-state index in [2.05, 4.69) is 10.3 Å². The van der Waals surface area contributed by atoms with Gasteiger partial charge in [0.1, 0.15) is 5.56 Å². The number of hydrogen-bond acceptors (Lipinski definition) is 4. The third-order valence-electron chi connectivity index (χ3n) is 2.80. The Morgan fingerprint density at radius 1 is 1.53 bits per heavy atom. The minimum atomic E-state index is -0.376. The van der Waals surface area contributed by atoms with Gasteiger partial charge in [0.15, 0.2) is 0 Å². The van der Waals surface area contributed by atoms with Gasteiger partial charge < -0.3 is 9.88 Å². The molecule has 2 rings (SSSR count). The average Bonchev–Trinajstić information content (AvgIpc) is 2.79. The van der Waals surface area contributed by atoms with Crippen LogP contribution in [0.5, 0.6) is 0 Å². The smallest absolute Gasteiger partial charge is 0.263 e. The number of nitrogens with zero attached hydrogens (tertiary/aromatic N) is 2. The maximum absolute atomic E-state index is 12.1. The molecule has 0 spiro atoms. The summed E-state index contributed by atoms with van der Waals surface area (Å²) in [6, 6.07) is 2.98. The molecule has 2 aromatic heterocycles. The van der Waals surface area contributed by atoms with Gasteiger partial charge in [0, 0.05) is 18.6 Å². The van der Waals surface area contributed by atoms with Gasteiger partial charge in [-0.3, -0.25) is 9.59 Å². The molecule has 0 aliphatic heterocycles. The zero-order chi connectivity index (χ0) is 14.0. The van der Waals surface area contributed by atoms with E-state index in [1.165, 1.54) is 22.0 Å². The molecular formula is C13H15N3O2S. The summed E-state index contributed by atoms with van der Waals surface area (Å²) in [5.74, 6) is -0.376. The van der Waals surface area contributed by atoms with Gasteiger partial charge in [-0.1, -0.05) is 0 Å². The number of amides is 1. The summed E-state index contributed by atoms with van der Waals surface area (Å²) in [5, 5.41) is 5.64. The van der Waals surface area contributed by atoms with Gasteiger partial charge in [-0.15, -0.1) is 11.3 Å². The van der Waals surface area contributed by atoms with Crippen molar-refractivity contribution in [2.45, 2.75) is 19.9 Å². The Balaban J connectivity index is 2.17. The zero-order valence-electron chi connectivity index (χ0n) is 11.0. The molecule has 0 bridgehead atoms. The highest BCUT2D eigenvalue weighted by Gasteiger charge is 2.16. The fraction of sp³-hybridized carbons (Fsp3) is 0.308. The van der Waals surface area contributed by atoms with Crippen LogP contribution in [-0.2, 0) is 7.05 Å². The second-order valence-electron chi connectivity index (χ2n) is 4.32. The predicted molar refractivity (Wildman–Crippen MR) is 74.4 cm³/mol. The van der Waals surface area contributed by atoms with Crippen LogP contribution in [0.15, 0.2) is 28.5 Å². The van der Waals surface area contributed by atoms with Crippen LogP contribution in [0.3, 0.4) is 0 Å². The first-order valence-corrected chi connectivity index (χ1v) is 6.75. The van der Waals surface area contributed by atoms with Gasteiger partial charge >= 0.3 is 0 Å². The van der Waals surface area contributed by atoms with E-state index in [1.807, 2.05) is 19.2 Å². The summed E-state index contributed by atoms with van der Waals surface area (Å²) in [4.78, 5) is 28.2. The van der Waals surface area contributed by atoms with Crippen molar-refractivity contribution in [3.63, 3.8) is 0 Å². The number of hydrogen-bond donors (Lipinski definition) is 1. The number of aromatic nitrogens is 2. The molecule has 2 heterocycles. The minimum absolute atomic E-state index is 0.142. The van der Waals surface area contributed by atoms with E-state index in [9.17, 15) is 9.59 Å². The molecule has 0 saturated carbocycles. The van der Waals surface area contributed by atoms with Crippen LogP contribution in [0.2, 0.25) is 0 Å². The van der Waals surface area contributed by atoms with Crippen molar-refractivity contribution in [1.82, 2.24) is 14.9 Å². The number of nitrogens with one attached hydrogen (secondary N) is 1. The zero-order valence-corrected chi connectivity index (χ0v) is 11.8. The molecule has 0 aliphatic carbocycles. The molecule has 0 aliphatic rings. The topological polar surface area (TPSA) is 64.0 Å². The van der Waals surface area contributed by atoms with E-state index >= 15 is 0 Å². The quantitative estimate of drug-likeness (QED) is 0.927. The van der Waals surface area contributed by atoms with Crippen LogP contribution in [0.1, 0.15) is 34.0 Å². The summed E-state index contributed by atoms with van der Waals surface area (Å²) < 4.78 is 1.38. The molecule has 6 heteroatoms. The molecule has 0 radical (unpaired) electrons. The summed E-state index contributed by atoms with van der Waals surface area (Å²) in [6.45, 7) is 3.76. The second kappa shape index (κ2) is 5.36. The van der Waals surface area contributed by atoms with E-state index in [-0.39, 0.29) is 23.1 Å². The lowest BCUT2D eigenvalue weighted by Crippen LogP contribution is -2.33. The first-order valence-electron chi connectivity index (χ1n) is 5.87. The van der Waals surface area contributed by atoms with Crippen molar-refractivity contribution < 1.29 is 4.79 Å². The van der Waals surface area contributed by atoms with Gasteiger partial charge in [-0.25, -0.2) is 4.98 Å². The molecule has 0 fully saturated rings. The molecule has 1 N–H and O–H groups in total. The predicted octanol–water partition coefficient (Wildman–Crippen LogP) is 1.64. The van der Waals surface area contributed by atoms with Crippen LogP contribution in [0.25, 0.3) is 0 Å². The van der Waals surface area contributed by atoms with Crippen LogP contribution < -0.4 is 10.9 Å². The molecule has 1 atom stereocenters. The van der Waals surface area contributed by atoms with Crippen LogP contribution in [0.4, 0.5) is 0 Å². The van der Waals surface area contributed by atoms with Crippen molar-refractivity contribution in [2.24, 2.45) is 7.05 Å². The van der Waals surface area contributed by atoms with Crippen molar-refractivity contribution in [3.8, 4) is 0 Å². The van der Waals surface area contributed by atoms with Gasteiger partial charge in [0.2, 0.25) is 0 Å². The second-order valence-corrected chi connectivity index (χ2v) is 5.39. The first kappa shape index (κ1) is 13.5. The normalized spacial score (nSPS) is 12.2. The third kappa shape index (κ3) is 2.90. The molecule has 19 heavy (non-hydrogen) atoms. The molecule has 1 amide bonds. The van der Waals surface area contributed by atoms with E-state index in [1.54, 1.807) is 19.3 Å². The van der Waals surface area contributed by atoms with Crippen molar-refractivity contribution in [3.05, 3.63) is 50.3 Å². The Morgan fingerprint density at radius 3 is 2.89 bits per heavy atom. The van der Waals surface area contributed by atoms with E-state index in [4.69, 9.17) is 0 Å². The number of pyridine rings is 1. The number of carbonyl (C=O) groups excluding carboxylic acids is 1. The summed E-state index contributed by atoms with van der Waals surface area (Å²) in [5.41, 5.74) is 0.647. The Morgan fingerprint density at radius 2 is 2.26 bits per heavy atom. The van der Waals surface area contributed by atoms with Crippen molar-refractivity contribution in [1.29, 1.82) is 0 Å². The minimum Gasteiger partial charge on any atom is -0.344 e. The van der Waals surface area contributed by atoms with Crippen molar-refractivity contribution >= 4 is 17.2 Å². The lowest BCUT2D eigenvalue weighted by molar-refractivity contribution is 0.0937. The maximum Gasteiger partial charge on any atom is 0.263 e. The highest BCUT2D eigenvalue weighted by Crippen LogP contribution is 2.15. The lowest BCUT2D eigenvalue weighted by atomic mass is 10.2. The summed E-state index contributed by atoms with van der Waals surface area (Å²) >= 11 is 1.53. The SMILES string of the molecule is Cc1nc([C@H](C)NC(=O)c2cccn(C)c2=O)cs1. The lowest BCUT2D eigenvalue weighted by Gasteiger charge is -2.11. The van der Waals surface area contributed by atoms with Crippen molar-refractivity contribution in [2.75, 3.05) is 0 Å². The van der Waals surface area contributed by atoms with Crippen LogP contribution in [-0.4, -0.2) is 15.5 Å². The largest absolute Gasteiger partial charge is 0.344 e. The van der Waals surface area contributed by atoms with E-state index < -0.39 is 0 Å². The standard InChI is InChI=1S/C13H15N3O2S/c1-8(11-7-19-9(2)15-11)14-12(17)10-5-4-6-16(3)13(10)18/h4-8H,1-3H3,(H,14,17)/t8-/m0/s1. The first-order chi connectivity index (χ1) is 8.99. The Hall–Kier alpha value is -1.95. The molecular weight excluding hydrogens is 262 g/mol.